The zero-order valence-corrected chi connectivity index (χ0v) is 17.2. The Hall–Kier alpha value is -2.54. The zero-order valence-electron chi connectivity index (χ0n) is 16.5. The van der Waals surface area contributed by atoms with Gasteiger partial charge < -0.3 is 14.7 Å². The number of pyridine rings is 1. The molecule has 3 aromatic rings. The third-order valence-corrected chi connectivity index (χ3v) is 6.20. The topological polar surface area (TPSA) is 71.4 Å². The number of nitrogens with zero attached hydrogens (tertiary/aromatic N) is 4. The summed E-state index contributed by atoms with van der Waals surface area (Å²) in [6, 6.07) is 13.5. The molecule has 5 rings (SSSR count). The SMILES string of the molecule is OC1CCOC2CN(c3cc(-c4ccc(Cl)cc4)nc(-c4cccnc4)n3)CCC12. The molecule has 2 saturated heterocycles. The first-order valence-electron chi connectivity index (χ1n) is 10.3. The first kappa shape index (κ1) is 19.4. The van der Waals surface area contributed by atoms with Crippen molar-refractivity contribution >= 4 is 17.4 Å². The van der Waals surface area contributed by atoms with Gasteiger partial charge in [-0.1, -0.05) is 23.7 Å². The second-order valence-corrected chi connectivity index (χ2v) is 8.28. The maximum atomic E-state index is 10.3. The highest BCUT2D eigenvalue weighted by Gasteiger charge is 2.38. The number of hydrogen-bond donors (Lipinski definition) is 1. The molecule has 1 N–H and O–H groups in total. The maximum absolute atomic E-state index is 10.3. The van der Waals surface area contributed by atoms with E-state index < -0.39 is 0 Å². The molecule has 0 saturated carbocycles. The lowest BCUT2D eigenvalue weighted by Gasteiger charge is -2.43. The van der Waals surface area contributed by atoms with E-state index >= 15 is 0 Å². The Morgan fingerprint density at radius 3 is 2.73 bits per heavy atom. The van der Waals surface area contributed by atoms with Gasteiger partial charge in [-0.2, -0.15) is 0 Å². The molecule has 0 amide bonds. The number of aromatic nitrogens is 3. The number of hydrogen-bond acceptors (Lipinski definition) is 6. The Morgan fingerprint density at radius 2 is 1.93 bits per heavy atom. The quantitative estimate of drug-likeness (QED) is 0.691. The van der Waals surface area contributed by atoms with Crippen LogP contribution in [0.5, 0.6) is 0 Å². The lowest BCUT2D eigenvalue weighted by molar-refractivity contribution is -0.0968. The van der Waals surface area contributed by atoms with E-state index in [2.05, 4.69) is 9.88 Å². The Morgan fingerprint density at radius 1 is 1.07 bits per heavy atom. The first-order chi connectivity index (χ1) is 14.7. The third-order valence-electron chi connectivity index (χ3n) is 5.95. The van der Waals surface area contributed by atoms with Crippen molar-refractivity contribution in [2.45, 2.75) is 25.0 Å². The second-order valence-electron chi connectivity index (χ2n) is 7.85. The van der Waals surface area contributed by atoms with Gasteiger partial charge in [0.2, 0.25) is 0 Å². The monoisotopic (exact) mass is 422 g/mol. The van der Waals surface area contributed by atoms with E-state index in [1.54, 1.807) is 12.4 Å². The summed E-state index contributed by atoms with van der Waals surface area (Å²) in [7, 11) is 0. The lowest BCUT2D eigenvalue weighted by atomic mass is 9.85. The molecule has 30 heavy (non-hydrogen) atoms. The van der Waals surface area contributed by atoms with Gasteiger partial charge in [0.15, 0.2) is 5.82 Å². The number of ether oxygens (including phenoxy) is 1. The summed E-state index contributed by atoms with van der Waals surface area (Å²) in [5.41, 5.74) is 2.68. The minimum absolute atomic E-state index is 0.0262. The van der Waals surface area contributed by atoms with Crippen LogP contribution in [-0.4, -0.2) is 52.0 Å². The molecule has 0 aliphatic carbocycles. The number of benzene rings is 1. The van der Waals surface area contributed by atoms with Crippen LogP contribution in [0.4, 0.5) is 5.82 Å². The van der Waals surface area contributed by atoms with Crippen molar-refractivity contribution in [2.24, 2.45) is 5.92 Å². The van der Waals surface area contributed by atoms with Crippen LogP contribution in [0.15, 0.2) is 54.9 Å². The fraction of sp³-hybridized carbons (Fsp3) is 0.348. The molecule has 6 nitrogen and oxygen atoms in total. The smallest absolute Gasteiger partial charge is 0.163 e. The van der Waals surface area contributed by atoms with Crippen molar-refractivity contribution in [3.63, 3.8) is 0 Å². The average molecular weight is 423 g/mol. The van der Waals surface area contributed by atoms with Crippen LogP contribution in [-0.2, 0) is 4.74 Å². The molecule has 2 aromatic heterocycles. The molecule has 2 fully saturated rings. The van der Waals surface area contributed by atoms with Crippen LogP contribution in [0.2, 0.25) is 5.02 Å². The molecule has 2 aliphatic rings. The zero-order chi connectivity index (χ0) is 20.5. The van der Waals surface area contributed by atoms with Crippen molar-refractivity contribution in [2.75, 3.05) is 24.6 Å². The van der Waals surface area contributed by atoms with E-state index in [0.717, 1.165) is 42.0 Å². The van der Waals surface area contributed by atoms with Gasteiger partial charge >= 0.3 is 0 Å². The highest BCUT2D eigenvalue weighted by Crippen LogP contribution is 2.33. The Balaban J connectivity index is 1.52. The average Bonchev–Trinajstić information content (AvgIpc) is 2.80. The van der Waals surface area contributed by atoms with Gasteiger partial charge in [0.25, 0.3) is 0 Å². The highest BCUT2D eigenvalue weighted by molar-refractivity contribution is 6.30. The van der Waals surface area contributed by atoms with Gasteiger partial charge in [0.1, 0.15) is 5.82 Å². The lowest BCUT2D eigenvalue weighted by Crippen LogP contribution is -2.52. The van der Waals surface area contributed by atoms with Crippen LogP contribution in [0.3, 0.4) is 0 Å². The van der Waals surface area contributed by atoms with E-state index in [9.17, 15) is 5.11 Å². The van der Waals surface area contributed by atoms with Crippen LogP contribution in [0.25, 0.3) is 22.6 Å². The third kappa shape index (κ3) is 3.90. The van der Waals surface area contributed by atoms with Crippen LogP contribution >= 0.6 is 11.6 Å². The van der Waals surface area contributed by atoms with Gasteiger partial charge in [0.05, 0.1) is 17.9 Å². The maximum Gasteiger partial charge on any atom is 0.163 e. The molecule has 1 aromatic carbocycles. The largest absolute Gasteiger partial charge is 0.393 e. The predicted octanol–water partition coefficient (Wildman–Crippen LogP) is 3.84. The Bertz CT molecular complexity index is 1020. The molecule has 3 atom stereocenters. The molecule has 7 heteroatoms. The van der Waals surface area contributed by atoms with Crippen molar-refractivity contribution in [1.82, 2.24) is 15.0 Å². The number of rotatable bonds is 3. The number of anilines is 1. The fourth-order valence-corrected chi connectivity index (χ4v) is 4.43. The molecule has 2 aliphatic heterocycles. The van der Waals surface area contributed by atoms with Crippen LogP contribution in [0, 0.1) is 5.92 Å². The van der Waals surface area contributed by atoms with Gasteiger partial charge in [-0.05, 0) is 37.1 Å². The molecule has 0 bridgehead atoms. The van der Waals surface area contributed by atoms with E-state index in [1.165, 1.54) is 0 Å². The Kier molecular flexibility index (Phi) is 5.37. The number of halogens is 1. The van der Waals surface area contributed by atoms with Gasteiger partial charge in [-0.3, -0.25) is 4.98 Å². The van der Waals surface area contributed by atoms with E-state index in [4.69, 9.17) is 26.3 Å². The first-order valence-corrected chi connectivity index (χ1v) is 10.7. The van der Waals surface area contributed by atoms with E-state index in [-0.39, 0.29) is 18.1 Å². The normalized spacial score (nSPS) is 23.8. The number of aliphatic hydroxyl groups excluding tert-OH is 1. The van der Waals surface area contributed by atoms with Crippen molar-refractivity contribution in [3.05, 3.63) is 59.9 Å². The highest BCUT2D eigenvalue weighted by atomic mass is 35.5. The molecular weight excluding hydrogens is 400 g/mol. The molecule has 0 radical (unpaired) electrons. The van der Waals surface area contributed by atoms with E-state index in [0.29, 0.717) is 24.0 Å². The summed E-state index contributed by atoms with van der Waals surface area (Å²) in [6.45, 7) is 2.15. The predicted molar refractivity (Wildman–Crippen MR) is 116 cm³/mol. The molecule has 4 heterocycles. The standard InChI is InChI=1S/C23H23ClN4O2/c24-17-5-3-15(4-6-17)19-12-22(27-23(26-19)16-2-1-9-25-13-16)28-10-7-18-20(29)8-11-30-21(18)14-28/h1-6,9,12-13,18,20-21,29H,7-8,10-11,14H2. The minimum atomic E-state index is -0.271. The molecular formula is C23H23ClN4O2. The van der Waals surface area contributed by atoms with Crippen molar-refractivity contribution < 1.29 is 9.84 Å². The summed E-state index contributed by atoms with van der Waals surface area (Å²) in [4.78, 5) is 16.1. The van der Waals surface area contributed by atoms with E-state index in [1.807, 2.05) is 42.5 Å². The summed E-state index contributed by atoms with van der Waals surface area (Å²) in [6.07, 6.45) is 4.88. The minimum Gasteiger partial charge on any atom is -0.393 e. The summed E-state index contributed by atoms with van der Waals surface area (Å²) in [5.74, 6) is 1.69. The molecule has 0 spiro atoms. The van der Waals surface area contributed by atoms with Crippen molar-refractivity contribution in [3.8, 4) is 22.6 Å². The molecule has 3 unspecified atom stereocenters. The summed E-state index contributed by atoms with van der Waals surface area (Å²) < 4.78 is 5.98. The number of fused-ring (bicyclic) bond motifs is 1. The van der Waals surface area contributed by atoms with Gasteiger partial charge in [-0.25, -0.2) is 9.97 Å². The van der Waals surface area contributed by atoms with Gasteiger partial charge in [0, 0.05) is 60.2 Å². The summed E-state index contributed by atoms with van der Waals surface area (Å²) in [5, 5.41) is 11.0. The summed E-state index contributed by atoms with van der Waals surface area (Å²) >= 11 is 6.07. The van der Waals surface area contributed by atoms with Gasteiger partial charge in [-0.15, -0.1) is 0 Å². The second kappa shape index (κ2) is 8.30. The van der Waals surface area contributed by atoms with Crippen molar-refractivity contribution in [1.29, 1.82) is 0 Å². The van der Waals surface area contributed by atoms with Crippen LogP contribution in [0.1, 0.15) is 12.8 Å². The molecule has 154 valence electrons. The number of aliphatic hydroxyl groups is 1. The van der Waals surface area contributed by atoms with Crippen LogP contribution < -0.4 is 4.90 Å². The fourth-order valence-electron chi connectivity index (χ4n) is 4.30. The Labute approximate surface area is 180 Å². The number of piperidine rings is 1.